The SMILES string of the molecule is CCOC(=O)c1nc(C)n(-c2cc(Br)ccc2Br)c1N. The number of halogens is 2. The molecular formula is C13H13Br2N3O2. The lowest BCUT2D eigenvalue weighted by Gasteiger charge is -2.10. The summed E-state index contributed by atoms with van der Waals surface area (Å²) in [6, 6.07) is 5.69. The number of aryl methyl sites for hydroxylation is 1. The first-order chi connectivity index (χ1) is 9.45. The van der Waals surface area contributed by atoms with E-state index >= 15 is 0 Å². The number of ether oxygens (including phenoxy) is 1. The van der Waals surface area contributed by atoms with Gasteiger partial charge in [0.2, 0.25) is 0 Å². The van der Waals surface area contributed by atoms with Gasteiger partial charge in [-0.1, -0.05) is 15.9 Å². The Kier molecular flexibility index (Phi) is 4.49. The van der Waals surface area contributed by atoms with Gasteiger partial charge in [0.1, 0.15) is 11.6 Å². The zero-order valence-corrected chi connectivity index (χ0v) is 14.2. The zero-order chi connectivity index (χ0) is 14.9. The second kappa shape index (κ2) is 5.97. The number of carbonyl (C=O) groups excluding carboxylic acids is 1. The molecule has 1 aromatic carbocycles. The quantitative estimate of drug-likeness (QED) is 0.798. The van der Waals surface area contributed by atoms with Gasteiger partial charge in [-0.05, 0) is 48.0 Å². The summed E-state index contributed by atoms with van der Waals surface area (Å²) in [7, 11) is 0. The van der Waals surface area contributed by atoms with Gasteiger partial charge in [0, 0.05) is 8.95 Å². The Hall–Kier alpha value is -1.34. The molecule has 5 nitrogen and oxygen atoms in total. The van der Waals surface area contributed by atoms with Crippen molar-refractivity contribution in [1.82, 2.24) is 9.55 Å². The third-order valence-corrected chi connectivity index (χ3v) is 3.86. The van der Waals surface area contributed by atoms with Gasteiger partial charge in [0.25, 0.3) is 0 Å². The van der Waals surface area contributed by atoms with E-state index in [-0.39, 0.29) is 18.1 Å². The smallest absolute Gasteiger partial charge is 0.360 e. The van der Waals surface area contributed by atoms with Crippen LogP contribution >= 0.6 is 31.9 Å². The number of benzene rings is 1. The maximum absolute atomic E-state index is 11.8. The van der Waals surface area contributed by atoms with Crippen molar-refractivity contribution in [2.24, 2.45) is 0 Å². The summed E-state index contributed by atoms with van der Waals surface area (Å²) in [4.78, 5) is 16.0. The summed E-state index contributed by atoms with van der Waals surface area (Å²) in [6.07, 6.45) is 0. The number of carbonyl (C=O) groups is 1. The molecule has 0 radical (unpaired) electrons. The summed E-state index contributed by atoms with van der Waals surface area (Å²) in [5, 5.41) is 0. The van der Waals surface area contributed by atoms with Crippen molar-refractivity contribution in [2.75, 3.05) is 12.3 Å². The highest BCUT2D eigenvalue weighted by molar-refractivity contribution is 9.11. The van der Waals surface area contributed by atoms with E-state index in [0.717, 1.165) is 14.6 Å². The molecule has 1 aromatic heterocycles. The summed E-state index contributed by atoms with van der Waals surface area (Å²) in [6.45, 7) is 3.81. The second-order valence-electron chi connectivity index (χ2n) is 4.04. The lowest BCUT2D eigenvalue weighted by atomic mass is 10.3. The number of rotatable bonds is 3. The van der Waals surface area contributed by atoms with Gasteiger partial charge < -0.3 is 10.5 Å². The molecule has 0 amide bonds. The van der Waals surface area contributed by atoms with Gasteiger partial charge in [-0.15, -0.1) is 0 Å². The minimum Gasteiger partial charge on any atom is -0.461 e. The summed E-state index contributed by atoms with van der Waals surface area (Å²) < 4.78 is 8.41. The highest BCUT2D eigenvalue weighted by Crippen LogP contribution is 2.29. The van der Waals surface area contributed by atoms with E-state index in [1.165, 1.54) is 0 Å². The Morgan fingerprint density at radius 2 is 2.15 bits per heavy atom. The van der Waals surface area contributed by atoms with Crippen molar-refractivity contribution >= 4 is 43.6 Å². The van der Waals surface area contributed by atoms with Crippen LogP contribution in [0.3, 0.4) is 0 Å². The van der Waals surface area contributed by atoms with Crippen LogP contribution in [0.15, 0.2) is 27.1 Å². The Morgan fingerprint density at radius 1 is 1.45 bits per heavy atom. The highest BCUT2D eigenvalue weighted by atomic mass is 79.9. The molecule has 7 heteroatoms. The minimum absolute atomic E-state index is 0.135. The fourth-order valence-corrected chi connectivity index (χ4v) is 2.63. The molecule has 0 saturated carbocycles. The van der Waals surface area contributed by atoms with Gasteiger partial charge in [0.15, 0.2) is 5.69 Å². The van der Waals surface area contributed by atoms with Gasteiger partial charge in [-0.3, -0.25) is 4.57 Å². The van der Waals surface area contributed by atoms with E-state index in [1.807, 2.05) is 18.2 Å². The molecule has 0 saturated heterocycles. The van der Waals surface area contributed by atoms with E-state index in [4.69, 9.17) is 10.5 Å². The number of esters is 1. The van der Waals surface area contributed by atoms with E-state index in [1.54, 1.807) is 18.4 Å². The zero-order valence-electron chi connectivity index (χ0n) is 11.0. The number of imidazole rings is 1. The molecule has 0 aliphatic rings. The third kappa shape index (κ3) is 2.73. The lowest BCUT2D eigenvalue weighted by molar-refractivity contribution is 0.0521. The van der Waals surface area contributed by atoms with Gasteiger partial charge >= 0.3 is 5.97 Å². The molecule has 2 aromatic rings. The monoisotopic (exact) mass is 401 g/mol. The molecule has 2 rings (SSSR count). The van der Waals surface area contributed by atoms with E-state index in [0.29, 0.717) is 5.82 Å². The van der Waals surface area contributed by atoms with Crippen molar-refractivity contribution < 1.29 is 9.53 Å². The number of nitrogens with zero attached hydrogens (tertiary/aromatic N) is 2. The summed E-state index contributed by atoms with van der Waals surface area (Å²) >= 11 is 6.89. The summed E-state index contributed by atoms with van der Waals surface area (Å²) in [5.41, 5.74) is 6.99. The van der Waals surface area contributed by atoms with E-state index in [9.17, 15) is 4.79 Å². The molecule has 106 valence electrons. The van der Waals surface area contributed by atoms with Crippen LogP contribution in [0.2, 0.25) is 0 Å². The second-order valence-corrected chi connectivity index (χ2v) is 5.81. The molecular weight excluding hydrogens is 390 g/mol. The van der Waals surface area contributed by atoms with Crippen LogP contribution in [-0.2, 0) is 4.74 Å². The molecule has 2 N–H and O–H groups in total. The topological polar surface area (TPSA) is 70.1 Å². The molecule has 0 aliphatic heterocycles. The Morgan fingerprint density at radius 3 is 2.80 bits per heavy atom. The number of nitrogen functional groups attached to an aromatic ring is 1. The maximum Gasteiger partial charge on any atom is 0.360 e. The van der Waals surface area contributed by atoms with Crippen LogP contribution in [0, 0.1) is 6.92 Å². The predicted molar refractivity (Wildman–Crippen MR) is 84.1 cm³/mol. The fourth-order valence-electron chi connectivity index (χ4n) is 1.86. The van der Waals surface area contributed by atoms with Crippen molar-refractivity contribution in [3.05, 3.63) is 38.7 Å². The Bertz CT molecular complexity index is 668. The average Bonchev–Trinajstić information content (AvgIpc) is 2.68. The number of aromatic nitrogens is 2. The lowest BCUT2D eigenvalue weighted by Crippen LogP contribution is -2.09. The van der Waals surface area contributed by atoms with Crippen molar-refractivity contribution in [2.45, 2.75) is 13.8 Å². The largest absolute Gasteiger partial charge is 0.461 e. The molecule has 0 unspecified atom stereocenters. The van der Waals surface area contributed by atoms with Crippen LogP contribution in [0.1, 0.15) is 23.2 Å². The van der Waals surface area contributed by atoms with Crippen LogP contribution < -0.4 is 5.73 Å². The molecule has 20 heavy (non-hydrogen) atoms. The highest BCUT2D eigenvalue weighted by Gasteiger charge is 2.21. The molecule has 0 aliphatic carbocycles. The van der Waals surface area contributed by atoms with Crippen LogP contribution in [0.4, 0.5) is 5.82 Å². The van der Waals surface area contributed by atoms with Crippen molar-refractivity contribution in [3.8, 4) is 5.69 Å². The molecule has 0 spiro atoms. The number of nitrogens with two attached hydrogens (primary N) is 1. The third-order valence-electron chi connectivity index (χ3n) is 2.70. The van der Waals surface area contributed by atoms with Crippen LogP contribution in [0.5, 0.6) is 0 Å². The Balaban J connectivity index is 2.58. The van der Waals surface area contributed by atoms with Gasteiger partial charge in [0.05, 0.1) is 12.3 Å². The molecule has 0 atom stereocenters. The predicted octanol–water partition coefficient (Wildman–Crippen LogP) is 3.46. The maximum atomic E-state index is 11.8. The first-order valence-electron chi connectivity index (χ1n) is 5.93. The normalized spacial score (nSPS) is 10.6. The van der Waals surface area contributed by atoms with E-state index in [2.05, 4.69) is 36.8 Å². The number of anilines is 1. The van der Waals surface area contributed by atoms with Crippen molar-refractivity contribution in [3.63, 3.8) is 0 Å². The molecule has 0 fully saturated rings. The van der Waals surface area contributed by atoms with Crippen molar-refractivity contribution in [1.29, 1.82) is 0 Å². The number of hydrogen-bond donors (Lipinski definition) is 1. The van der Waals surface area contributed by atoms with Gasteiger partial charge in [-0.25, -0.2) is 9.78 Å². The van der Waals surface area contributed by atoms with E-state index < -0.39 is 5.97 Å². The molecule has 0 bridgehead atoms. The van der Waals surface area contributed by atoms with Crippen LogP contribution in [-0.4, -0.2) is 22.1 Å². The number of hydrogen-bond acceptors (Lipinski definition) is 4. The minimum atomic E-state index is -0.516. The standard InChI is InChI=1S/C13H13Br2N3O2/c1-3-20-13(19)11-12(16)18(7(2)17-11)10-6-8(14)4-5-9(10)15/h4-6H,3,16H2,1-2H3. The van der Waals surface area contributed by atoms with Gasteiger partial charge in [-0.2, -0.15) is 0 Å². The average molecular weight is 403 g/mol. The molecule has 1 heterocycles. The summed E-state index contributed by atoms with van der Waals surface area (Å²) in [5.74, 6) is 0.363. The fraction of sp³-hybridized carbons (Fsp3) is 0.231. The first kappa shape index (κ1) is 15.1. The Labute approximate surface area is 133 Å². The van der Waals surface area contributed by atoms with Crippen LogP contribution in [0.25, 0.3) is 5.69 Å². The first-order valence-corrected chi connectivity index (χ1v) is 7.51.